The number of benzene rings is 1. The third kappa shape index (κ3) is 3.18. The van der Waals surface area contributed by atoms with Crippen molar-refractivity contribution in [2.24, 2.45) is 0 Å². The number of amides is 1. The van der Waals surface area contributed by atoms with Crippen LogP contribution in [-0.2, 0) is 11.3 Å². The molecule has 6 nitrogen and oxygen atoms in total. The Balaban J connectivity index is 1.73. The molecule has 3 heterocycles. The summed E-state index contributed by atoms with van der Waals surface area (Å²) in [6, 6.07) is 12.7. The maximum absolute atomic E-state index is 13.2. The molecular formula is C21H20N4O2S. The fourth-order valence-electron chi connectivity index (χ4n) is 3.36. The van der Waals surface area contributed by atoms with Gasteiger partial charge in [-0.05, 0) is 31.5 Å². The van der Waals surface area contributed by atoms with E-state index in [-0.39, 0.29) is 11.5 Å². The maximum Gasteiger partial charge on any atom is 0.276 e. The summed E-state index contributed by atoms with van der Waals surface area (Å²) in [6.45, 7) is 4.07. The van der Waals surface area contributed by atoms with Gasteiger partial charge in [0.2, 0.25) is 5.91 Å². The molecule has 0 radical (unpaired) electrons. The summed E-state index contributed by atoms with van der Waals surface area (Å²) in [6.07, 6.45) is 2.15. The number of fused-ring (bicyclic) bond motifs is 3. The van der Waals surface area contributed by atoms with Gasteiger partial charge in [-0.1, -0.05) is 31.2 Å². The first-order valence-electron chi connectivity index (χ1n) is 9.18. The zero-order valence-electron chi connectivity index (χ0n) is 15.7. The van der Waals surface area contributed by atoms with Crippen LogP contribution >= 0.6 is 11.3 Å². The molecule has 0 aliphatic heterocycles. The van der Waals surface area contributed by atoms with Crippen LogP contribution in [0.2, 0.25) is 0 Å². The molecule has 4 rings (SSSR count). The first-order valence-corrected chi connectivity index (χ1v) is 10.00. The molecule has 0 saturated heterocycles. The SMILES string of the molecule is CC[C@@H](C(=O)NCc1ccccn1)n1nc(C)c2sc3ccccc3c2c1=O. The Bertz CT molecular complexity index is 1210. The number of nitrogens with zero attached hydrogens (tertiary/aromatic N) is 3. The summed E-state index contributed by atoms with van der Waals surface area (Å²) >= 11 is 1.56. The molecule has 142 valence electrons. The number of nitrogens with one attached hydrogen (secondary N) is 1. The molecule has 0 bridgehead atoms. The summed E-state index contributed by atoms with van der Waals surface area (Å²) in [5.74, 6) is -0.235. The molecule has 1 amide bonds. The standard InChI is InChI=1S/C21H20N4O2S/c1-3-16(20(26)23-12-14-8-6-7-11-22-14)25-21(27)18-15-9-4-5-10-17(15)28-19(18)13(2)24-25/h4-11,16H,3,12H2,1-2H3,(H,23,26)/t16-/m0/s1. The highest BCUT2D eigenvalue weighted by Gasteiger charge is 2.24. The van der Waals surface area contributed by atoms with Gasteiger partial charge in [0.1, 0.15) is 6.04 Å². The summed E-state index contributed by atoms with van der Waals surface area (Å²) < 4.78 is 3.26. The number of rotatable bonds is 5. The summed E-state index contributed by atoms with van der Waals surface area (Å²) in [5, 5.41) is 8.91. The molecule has 28 heavy (non-hydrogen) atoms. The van der Waals surface area contributed by atoms with Crippen molar-refractivity contribution in [1.82, 2.24) is 20.1 Å². The summed E-state index contributed by atoms with van der Waals surface area (Å²) in [7, 11) is 0. The zero-order valence-corrected chi connectivity index (χ0v) is 16.5. The van der Waals surface area contributed by atoms with E-state index < -0.39 is 6.04 Å². The van der Waals surface area contributed by atoms with Crippen molar-refractivity contribution in [2.75, 3.05) is 0 Å². The predicted molar refractivity (Wildman–Crippen MR) is 112 cm³/mol. The third-order valence-corrected chi connectivity index (χ3v) is 6.04. The molecule has 0 unspecified atom stereocenters. The average molecular weight is 392 g/mol. The Hall–Kier alpha value is -3.06. The maximum atomic E-state index is 13.2. The third-order valence-electron chi connectivity index (χ3n) is 4.76. The van der Waals surface area contributed by atoms with Crippen molar-refractivity contribution in [3.8, 4) is 0 Å². The molecule has 4 aromatic rings. The Morgan fingerprint density at radius 1 is 1.21 bits per heavy atom. The van der Waals surface area contributed by atoms with Crippen molar-refractivity contribution in [2.45, 2.75) is 32.9 Å². The van der Waals surface area contributed by atoms with E-state index in [0.717, 1.165) is 26.2 Å². The average Bonchev–Trinajstić information content (AvgIpc) is 3.12. The Morgan fingerprint density at radius 3 is 2.75 bits per heavy atom. The first kappa shape index (κ1) is 18.3. The van der Waals surface area contributed by atoms with Crippen LogP contribution in [0.4, 0.5) is 0 Å². The predicted octanol–water partition coefficient (Wildman–Crippen LogP) is 3.58. The zero-order chi connectivity index (χ0) is 19.7. The number of hydrogen-bond donors (Lipinski definition) is 1. The Labute approximate surface area is 165 Å². The van der Waals surface area contributed by atoms with E-state index in [1.807, 2.05) is 56.3 Å². The summed E-state index contributed by atoms with van der Waals surface area (Å²) in [4.78, 5) is 30.3. The van der Waals surface area contributed by atoms with Crippen molar-refractivity contribution in [3.63, 3.8) is 0 Å². The molecule has 1 N–H and O–H groups in total. The van der Waals surface area contributed by atoms with E-state index >= 15 is 0 Å². The lowest BCUT2D eigenvalue weighted by Gasteiger charge is -2.17. The molecular weight excluding hydrogens is 372 g/mol. The van der Waals surface area contributed by atoms with E-state index in [2.05, 4.69) is 15.4 Å². The molecule has 7 heteroatoms. The molecule has 3 aromatic heterocycles. The van der Waals surface area contributed by atoms with Crippen molar-refractivity contribution >= 4 is 37.4 Å². The molecule has 0 aliphatic carbocycles. The summed E-state index contributed by atoms with van der Waals surface area (Å²) in [5.41, 5.74) is 1.30. The van der Waals surface area contributed by atoms with Gasteiger partial charge in [-0.3, -0.25) is 14.6 Å². The van der Waals surface area contributed by atoms with Crippen LogP contribution in [-0.4, -0.2) is 20.7 Å². The number of carbonyl (C=O) groups excluding carboxylic acids is 1. The van der Waals surface area contributed by atoms with Crippen LogP contribution in [0.1, 0.15) is 30.8 Å². The van der Waals surface area contributed by atoms with Crippen LogP contribution in [0.3, 0.4) is 0 Å². The van der Waals surface area contributed by atoms with Gasteiger partial charge in [0, 0.05) is 16.3 Å². The highest BCUT2D eigenvalue weighted by Crippen LogP contribution is 2.33. The number of carbonyl (C=O) groups is 1. The number of pyridine rings is 1. The quantitative estimate of drug-likeness (QED) is 0.563. The number of thiophene rings is 1. The number of aromatic nitrogens is 3. The lowest BCUT2D eigenvalue weighted by molar-refractivity contribution is -0.125. The second-order valence-electron chi connectivity index (χ2n) is 6.60. The fourth-order valence-corrected chi connectivity index (χ4v) is 4.49. The van der Waals surface area contributed by atoms with Gasteiger partial charge in [-0.25, -0.2) is 4.68 Å². The molecule has 0 fully saturated rings. The second-order valence-corrected chi connectivity index (χ2v) is 7.65. The lowest BCUT2D eigenvalue weighted by atomic mass is 10.1. The lowest BCUT2D eigenvalue weighted by Crippen LogP contribution is -2.38. The molecule has 0 aliphatic rings. The van der Waals surface area contributed by atoms with E-state index in [1.165, 1.54) is 4.68 Å². The van der Waals surface area contributed by atoms with Gasteiger partial charge in [-0.2, -0.15) is 5.10 Å². The van der Waals surface area contributed by atoms with Gasteiger partial charge in [0.05, 0.1) is 28.0 Å². The monoisotopic (exact) mass is 392 g/mol. The second kappa shape index (κ2) is 7.52. The highest BCUT2D eigenvalue weighted by atomic mass is 32.1. The Morgan fingerprint density at radius 2 is 2.00 bits per heavy atom. The van der Waals surface area contributed by atoms with Crippen LogP contribution in [0, 0.1) is 6.92 Å². The van der Waals surface area contributed by atoms with E-state index in [9.17, 15) is 9.59 Å². The number of hydrogen-bond acceptors (Lipinski definition) is 5. The van der Waals surface area contributed by atoms with Gasteiger partial charge in [-0.15, -0.1) is 11.3 Å². The molecule has 0 spiro atoms. The minimum absolute atomic E-state index is 0.224. The van der Waals surface area contributed by atoms with Crippen LogP contribution in [0.15, 0.2) is 53.5 Å². The highest BCUT2D eigenvalue weighted by molar-refractivity contribution is 7.26. The fraction of sp³-hybridized carbons (Fsp3) is 0.238. The van der Waals surface area contributed by atoms with Gasteiger partial charge in [0.15, 0.2) is 0 Å². The first-order chi connectivity index (χ1) is 13.6. The Kier molecular flexibility index (Phi) is 4.92. The van der Waals surface area contributed by atoms with E-state index in [4.69, 9.17) is 0 Å². The van der Waals surface area contributed by atoms with Crippen LogP contribution in [0.5, 0.6) is 0 Å². The van der Waals surface area contributed by atoms with Crippen molar-refractivity contribution in [1.29, 1.82) is 0 Å². The van der Waals surface area contributed by atoms with Crippen molar-refractivity contribution < 1.29 is 4.79 Å². The normalized spacial score (nSPS) is 12.4. The smallest absolute Gasteiger partial charge is 0.276 e. The molecule has 1 aromatic carbocycles. The number of aryl methyl sites for hydroxylation is 1. The van der Waals surface area contributed by atoms with Crippen LogP contribution < -0.4 is 10.9 Å². The topological polar surface area (TPSA) is 76.9 Å². The minimum Gasteiger partial charge on any atom is -0.349 e. The van der Waals surface area contributed by atoms with Gasteiger partial charge >= 0.3 is 0 Å². The van der Waals surface area contributed by atoms with Gasteiger partial charge < -0.3 is 5.32 Å². The molecule has 1 atom stereocenters. The minimum atomic E-state index is -0.669. The van der Waals surface area contributed by atoms with Crippen LogP contribution in [0.25, 0.3) is 20.2 Å². The molecule has 0 saturated carbocycles. The van der Waals surface area contributed by atoms with Gasteiger partial charge in [0.25, 0.3) is 5.56 Å². The van der Waals surface area contributed by atoms with Crippen molar-refractivity contribution in [3.05, 3.63) is 70.4 Å². The largest absolute Gasteiger partial charge is 0.349 e. The van der Waals surface area contributed by atoms with E-state index in [1.54, 1.807) is 17.5 Å². The van der Waals surface area contributed by atoms with E-state index in [0.29, 0.717) is 18.4 Å².